The van der Waals surface area contributed by atoms with Crippen LogP contribution in [-0.4, -0.2) is 25.8 Å². The molecule has 1 aliphatic heterocycles. The number of hydrogen-bond donors (Lipinski definition) is 2. The van der Waals surface area contributed by atoms with Crippen LogP contribution in [0.15, 0.2) is 75.5 Å². The lowest BCUT2D eigenvalue weighted by atomic mass is 9.87. The van der Waals surface area contributed by atoms with Gasteiger partial charge in [-0.15, -0.1) is 10.2 Å². The highest BCUT2D eigenvalue weighted by Gasteiger charge is 2.40. The van der Waals surface area contributed by atoms with Gasteiger partial charge in [-0.2, -0.15) is 0 Å². The maximum atomic E-state index is 13.2. The third kappa shape index (κ3) is 3.94. The molecule has 0 bridgehead atoms. The molecule has 1 aliphatic rings. The molecule has 0 saturated heterocycles. The number of pyridine rings is 2. The molecule has 10 heteroatoms. The number of imidazole rings is 1. The van der Waals surface area contributed by atoms with Crippen molar-refractivity contribution in [1.82, 2.24) is 25.3 Å². The molecule has 0 radical (unpaired) electrons. The van der Waals surface area contributed by atoms with E-state index in [0.29, 0.717) is 17.0 Å². The summed E-state index contributed by atoms with van der Waals surface area (Å²) in [5.74, 6) is 0.341. The molecule has 4 aromatic rings. The first-order valence-corrected chi connectivity index (χ1v) is 10.9. The fraction of sp³-hybridized carbons (Fsp3) is 0.250. The Morgan fingerprint density at radius 1 is 1.09 bits per heavy atom. The summed E-state index contributed by atoms with van der Waals surface area (Å²) in [6.45, 7) is 6.20. The van der Waals surface area contributed by atoms with Crippen LogP contribution in [0.5, 0.6) is 0 Å². The van der Waals surface area contributed by atoms with Gasteiger partial charge in [0.25, 0.3) is 5.91 Å². The first-order valence-electron chi connectivity index (χ1n) is 10.9. The van der Waals surface area contributed by atoms with E-state index in [2.05, 4.69) is 45.9 Å². The lowest BCUT2D eigenvalue weighted by molar-refractivity contribution is 0.0949. The average Bonchev–Trinajstić information content (AvgIpc) is 3.50. The number of carbonyl (C=O) groups excluding carboxylic acids is 1. The van der Waals surface area contributed by atoms with E-state index in [0.717, 1.165) is 27.9 Å². The number of H-pyrrole nitrogens is 1. The van der Waals surface area contributed by atoms with E-state index >= 15 is 0 Å². The molecule has 34 heavy (non-hydrogen) atoms. The van der Waals surface area contributed by atoms with Crippen LogP contribution in [0.25, 0.3) is 22.4 Å². The lowest BCUT2D eigenvalue weighted by Gasteiger charge is -2.25. The summed E-state index contributed by atoms with van der Waals surface area (Å²) in [5.41, 5.74) is 4.21. The average molecular weight is 454 g/mol. The van der Waals surface area contributed by atoms with Crippen molar-refractivity contribution in [2.24, 2.45) is 26.6 Å². The minimum Gasteiger partial charge on any atom is -0.345 e. The van der Waals surface area contributed by atoms with Crippen LogP contribution in [0.1, 0.15) is 41.2 Å². The summed E-state index contributed by atoms with van der Waals surface area (Å²) in [6, 6.07) is 13.2. The Morgan fingerprint density at radius 3 is 2.62 bits per heavy atom. The Balaban J connectivity index is 1.50. The SMILES string of the molecule is Cc1ccc(-c2cc(C(=O)NCc3nc4ncccc4[nH]3)cc(C3(C(C)C)N=NN=N3)c2)nc1. The topological polar surface area (TPSA) is 133 Å². The highest BCUT2D eigenvalue weighted by molar-refractivity contribution is 5.95. The number of nitrogens with zero attached hydrogens (tertiary/aromatic N) is 7. The maximum Gasteiger partial charge on any atom is 0.251 e. The van der Waals surface area contributed by atoms with Gasteiger partial charge in [0, 0.05) is 35.0 Å². The molecule has 0 spiro atoms. The van der Waals surface area contributed by atoms with Gasteiger partial charge in [0.15, 0.2) is 5.65 Å². The van der Waals surface area contributed by atoms with Crippen LogP contribution in [0.3, 0.4) is 0 Å². The highest BCUT2D eigenvalue weighted by atomic mass is 16.1. The number of aryl methyl sites for hydroxylation is 1. The lowest BCUT2D eigenvalue weighted by Crippen LogP contribution is -2.28. The van der Waals surface area contributed by atoms with Crippen molar-refractivity contribution >= 4 is 17.1 Å². The molecule has 10 nitrogen and oxygen atoms in total. The van der Waals surface area contributed by atoms with E-state index in [4.69, 9.17) is 0 Å². The van der Waals surface area contributed by atoms with E-state index in [1.165, 1.54) is 0 Å². The monoisotopic (exact) mass is 453 g/mol. The fourth-order valence-electron chi connectivity index (χ4n) is 3.88. The van der Waals surface area contributed by atoms with Crippen molar-refractivity contribution in [3.8, 4) is 11.3 Å². The number of amides is 1. The standard InChI is InChI=1S/C24H23N9O/c1-14(2)24(30-32-33-31-24)18-10-16(19-7-6-15(3)12-26-19)9-17(11-18)23(34)27-13-21-28-20-5-4-8-25-22(20)29-21/h4-12,14H,13H2,1-3H3,(H,27,34)(H,25,28,29). The van der Waals surface area contributed by atoms with Crippen LogP contribution in [0, 0.1) is 12.8 Å². The van der Waals surface area contributed by atoms with Crippen LogP contribution >= 0.6 is 0 Å². The van der Waals surface area contributed by atoms with Crippen molar-refractivity contribution in [2.75, 3.05) is 0 Å². The zero-order valence-electron chi connectivity index (χ0n) is 19.0. The molecule has 2 N–H and O–H groups in total. The molecule has 0 saturated carbocycles. The van der Waals surface area contributed by atoms with Crippen LogP contribution in [0.2, 0.25) is 0 Å². The summed E-state index contributed by atoms with van der Waals surface area (Å²) >= 11 is 0. The Bertz CT molecular complexity index is 1380. The summed E-state index contributed by atoms with van der Waals surface area (Å²) in [7, 11) is 0. The third-order valence-corrected chi connectivity index (χ3v) is 5.79. The molecule has 0 atom stereocenters. The normalized spacial score (nSPS) is 14.2. The Hall–Kier alpha value is -4.34. The van der Waals surface area contributed by atoms with Gasteiger partial charge in [-0.05, 0) is 59.3 Å². The first-order chi connectivity index (χ1) is 16.4. The van der Waals surface area contributed by atoms with Gasteiger partial charge in [0.1, 0.15) is 5.82 Å². The Kier molecular flexibility index (Phi) is 5.40. The number of rotatable bonds is 6. The second kappa shape index (κ2) is 8.54. The highest BCUT2D eigenvalue weighted by Crippen LogP contribution is 2.41. The van der Waals surface area contributed by atoms with E-state index in [1.807, 2.05) is 57.2 Å². The summed E-state index contributed by atoms with van der Waals surface area (Å²) < 4.78 is 0. The van der Waals surface area contributed by atoms with Crippen LogP contribution < -0.4 is 5.32 Å². The van der Waals surface area contributed by atoms with Gasteiger partial charge < -0.3 is 10.3 Å². The van der Waals surface area contributed by atoms with Gasteiger partial charge in [-0.1, -0.05) is 19.9 Å². The largest absolute Gasteiger partial charge is 0.345 e. The summed E-state index contributed by atoms with van der Waals surface area (Å²) in [6.07, 6.45) is 3.48. The number of benzene rings is 1. The number of aromatic nitrogens is 4. The summed E-state index contributed by atoms with van der Waals surface area (Å²) in [4.78, 5) is 29.6. The van der Waals surface area contributed by atoms with Gasteiger partial charge in [0.2, 0.25) is 5.66 Å². The molecule has 5 rings (SSSR count). The minimum absolute atomic E-state index is 0.0253. The molecular weight excluding hydrogens is 430 g/mol. The van der Waals surface area contributed by atoms with Crippen molar-refractivity contribution in [1.29, 1.82) is 0 Å². The molecule has 4 heterocycles. The van der Waals surface area contributed by atoms with Gasteiger partial charge in [-0.3, -0.25) is 9.78 Å². The molecule has 0 aliphatic carbocycles. The van der Waals surface area contributed by atoms with Crippen LogP contribution in [0.4, 0.5) is 0 Å². The third-order valence-electron chi connectivity index (χ3n) is 5.79. The molecule has 1 amide bonds. The second-order valence-electron chi connectivity index (χ2n) is 8.52. The Morgan fingerprint density at radius 2 is 1.91 bits per heavy atom. The van der Waals surface area contributed by atoms with E-state index in [1.54, 1.807) is 18.5 Å². The van der Waals surface area contributed by atoms with E-state index in [-0.39, 0.29) is 18.4 Å². The number of nitrogens with one attached hydrogen (secondary N) is 2. The molecular formula is C24H23N9O. The Labute approximate surface area is 195 Å². The minimum atomic E-state index is -0.986. The first kappa shape index (κ1) is 21.5. The molecule has 170 valence electrons. The second-order valence-corrected chi connectivity index (χ2v) is 8.52. The summed E-state index contributed by atoms with van der Waals surface area (Å²) in [5, 5.41) is 19.1. The van der Waals surface area contributed by atoms with Gasteiger partial charge >= 0.3 is 0 Å². The molecule has 0 unspecified atom stereocenters. The zero-order chi connectivity index (χ0) is 23.7. The number of carbonyl (C=O) groups is 1. The fourth-order valence-corrected chi connectivity index (χ4v) is 3.88. The number of fused-ring (bicyclic) bond motifs is 1. The van der Waals surface area contributed by atoms with Crippen LogP contribution in [-0.2, 0) is 12.2 Å². The predicted molar refractivity (Wildman–Crippen MR) is 126 cm³/mol. The molecule has 0 fully saturated rings. The molecule has 3 aromatic heterocycles. The van der Waals surface area contributed by atoms with E-state index < -0.39 is 5.66 Å². The van der Waals surface area contributed by atoms with E-state index in [9.17, 15) is 4.79 Å². The van der Waals surface area contributed by atoms with Gasteiger partial charge in [-0.25, -0.2) is 9.97 Å². The van der Waals surface area contributed by atoms with Crippen molar-refractivity contribution in [3.05, 3.63) is 77.4 Å². The van der Waals surface area contributed by atoms with Crippen molar-refractivity contribution in [2.45, 2.75) is 33.0 Å². The van der Waals surface area contributed by atoms with Crippen molar-refractivity contribution < 1.29 is 4.79 Å². The maximum absolute atomic E-state index is 13.2. The molecule has 1 aromatic carbocycles. The van der Waals surface area contributed by atoms with Gasteiger partial charge in [0.05, 0.1) is 17.8 Å². The zero-order valence-corrected chi connectivity index (χ0v) is 19.0. The quantitative estimate of drug-likeness (QED) is 0.429. The number of aromatic amines is 1. The predicted octanol–water partition coefficient (Wildman–Crippen LogP) is 4.90. The van der Waals surface area contributed by atoms with Crippen molar-refractivity contribution in [3.63, 3.8) is 0 Å². The number of hydrogen-bond acceptors (Lipinski definition) is 8. The smallest absolute Gasteiger partial charge is 0.251 e.